The topological polar surface area (TPSA) is 97.2 Å². The van der Waals surface area contributed by atoms with E-state index in [0.29, 0.717) is 28.1 Å². The van der Waals surface area contributed by atoms with Crippen molar-refractivity contribution in [1.29, 1.82) is 0 Å². The Morgan fingerprint density at radius 3 is 2.76 bits per heavy atom. The molecule has 0 radical (unpaired) electrons. The molecule has 0 bridgehead atoms. The number of nitrogens with one attached hydrogen (secondary N) is 1. The number of ether oxygens (including phenoxy) is 1. The van der Waals surface area contributed by atoms with Crippen molar-refractivity contribution >= 4 is 42.3 Å². The molecule has 0 amide bonds. The molecule has 0 aliphatic rings. The largest absolute Gasteiger partial charge is 0.481 e. The lowest BCUT2D eigenvalue weighted by Crippen LogP contribution is -2.22. The Morgan fingerprint density at radius 1 is 1.31 bits per heavy atom. The number of fused-ring (bicyclic) bond motifs is 1. The van der Waals surface area contributed by atoms with Gasteiger partial charge in [-0.1, -0.05) is 37.3 Å². The Kier molecular flexibility index (Phi) is 6.26. The van der Waals surface area contributed by atoms with Crippen LogP contribution in [-0.2, 0) is 22.7 Å². The van der Waals surface area contributed by atoms with Crippen molar-refractivity contribution < 1.29 is 19.4 Å². The van der Waals surface area contributed by atoms with Crippen LogP contribution in [0.5, 0.6) is 0 Å². The first kappa shape index (κ1) is 21.3. The molecular formula is C20H24ClN3O4Si. The SMILES string of the molecule is C[Si](C)(C)CCOCn1ccnc1C(=O)c1[nH]c2cc(Cl)ccc2c1CC(=O)O. The third-order valence-electron chi connectivity index (χ3n) is 4.57. The van der Waals surface area contributed by atoms with Gasteiger partial charge in [0.1, 0.15) is 6.73 Å². The van der Waals surface area contributed by atoms with E-state index in [1.807, 2.05) is 0 Å². The van der Waals surface area contributed by atoms with E-state index < -0.39 is 14.0 Å². The van der Waals surface area contributed by atoms with Crippen LogP contribution in [0.15, 0.2) is 30.6 Å². The van der Waals surface area contributed by atoms with Crippen molar-refractivity contribution in [3.05, 3.63) is 52.7 Å². The molecule has 7 nitrogen and oxygen atoms in total. The van der Waals surface area contributed by atoms with Crippen LogP contribution < -0.4 is 0 Å². The lowest BCUT2D eigenvalue weighted by Gasteiger charge is -2.16. The van der Waals surface area contributed by atoms with Gasteiger partial charge >= 0.3 is 5.97 Å². The molecule has 2 N–H and O–H groups in total. The number of imidazole rings is 1. The number of H-pyrrole nitrogens is 1. The molecule has 0 aliphatic carbocycles. The molecule has 3 aromatic rings. The number of hydrogen-bond acceptors (Lipinski definition) is 4. The monoisotopic (exact) mass is 433 g/mol. The minimum Gasteiger partial charge on any atom is -0.481 e. The summed E-state index contributed by atoms with van der Waals surface area (Å²) >= 11 is 6.04. The summed E-state index contributed by atoms with van der Waals surface area (Å²) < 4.78 is 7.37. The molecule has 0 saturated heterocycles. The van der Waals surface area contributed by atoms with E-state index in [2.05, 4.69) is 29.6 Å². The van der Waals surface area contributed by atoms with Crippen LogP contribution in [0.2, 0.25) is 30.7 Å². The molecule has 2 aromatic heterocycles. The van der Waals surface area contributed by atoms with E-state index >= 15 is 0 Å². The van der Waals surface area contributed by atoms with Crippen LogP contribution in [0.3, 0.4) is 0 Å². The molecule has 0 fully saturated rings. The zero-order valence-corrected chi connectivity index (χ0v) is 18.4. The van der Waals surface area contributed by atoms with Crippen LogP contribution in [0.4, 0.5) is 0 Å². The summed E-state index contributed by atoms with van der Waals surface area (Å²) in [6.07, 6.45) is 2.93. The molecule has 0 spiro atoms. The van der Waals surface area contributed by atoms with Gasteiger partial charge in [0.25, 0.3) is 0 Å². The number of carbonyl (C=O) groups is 2. The third kappa shape index (κ3) is 5.14. The van der Waals surface area contributed by atoms with E-state index in [1.54, 1.807) is 29.0 Å². The highest BCUT2D eigenvalue weighted by atomic mass is 35.5. The Hall–Kier alpha value is -2.42. The molecular weight excluding hydrogens is 410 g/mol. The molecule has 154 valence electrons. The first-order valence-electron chi connectivity index (χ1n) is 9.31. The standard InChI is InChI=1S/C20H24ClN3O4Si/c1-29(2,3)9-8-28-12-24-7-6-22-20(24)19(27)18-15(11-17(25)26)14-5-4-13(21)10-16(14)23-18/h4-7,10,23H,8-9,11-12H2,1-3H3,(H,25,26). The third-order valence-corrected chi connectivity index (χ3v) is 6.51. The fraction of sp³-hybridized carbons (Fsp3) is 0.350. The Morgan fingerprint density at radius 2 is 2.07 bits per heavy atom. The van der Waals surface area contributed by atoms with Gasteiger partial charge in [-0.05, 0) is 18.2 Å². The smallest absolute Gasteiger partial charge is 0.307 e. The number of carboxylic acid groups (broad SMARTS) is 1. The number of nitrogens with zero attached hydrogens (tertiary/aromatic N) is 2. The van der Waals surface area contributed by atoms with E-state index in [1.165, 1.54) is 6.20 Å². The van der Waals surface area contributed by atoms with Gasteiger partial charge in [0.2, 0.25) is 5.78 Å². The minimum atomic E-state index is -1.20. The molecule has 0 atom stereocenters. The predicted octanol–water partition coefficient (Wildman–Crippen LogP) is 4.19. The summed E-state index contributed by atoms with van der Waals surface area (Å²) in [5.41, 5.74) is 1.24. The summed E-state index contributed by atoms with van der Waals surface area (Å²) in [5, 5.41) is 10.5. The van der Waals surface area contributed by atoms with Crippen molar-refractivity contribution in [3.63, 3.8) is 0 Å². The number of aromatic amines is 1. The highest BCUT2D eigenvalue weighted by Gasteiger charge is 2.24. The Balaban J connectivity index is 1.88. The van der Waals surface area contributed by atoms with Gasteiger partial charge in [-0.25, -0.2) is 4.98 Å². The van der Waals surface area contributed by atoms with Crippen LogP contribution in [0.1, 0.15) is 21.9 Å². The van der Waals surface area contributed by atoms with E-state index in [4.69, 9.17) is 16.3 Å². The molecule has 3 rings (SSSR count). The van der Waals surface area contributed by atoms with Crippen molar-refractivity contribution in [2.45, 2.75) is 38.8 Å². The summed E-state index contributed by atoms with van der Waals surface area (Å²) in [7, 11) is -1.20. The number of aromatic nitrogens is 3. The zero-order chi connectivity index (χ0) is 21.2. The average Bonchev–Trinajstić information content (AvgIpc) is 3.21. The number of benzene rings is 1. The fourth-order valence-electron chi connectivity index (χ4n) is 3.03. The van der Waals surface area contributed by atoms with Gasteiger partial charge in [0.05, 0.1) is 12.1 Å². The van der Waals surface area contributed by atoms with Gasteiger partial charge in [-0.2, -0.15) is 0 Å². The van der Waals surface area contributed by atoms with Gasteiger partial charge in [0.15, 0.2) is 5.82 Å². The molecule has 0 aliphatic heterocycles. The lowest BCUT2D eigenvalue weighted by molar-refractivity contribution is -0.136. The first-order valence-corrected chi connectivity index (χ1v) is 13.4. The van der Waals surface area contributed by atoms with Crippen molar-refractivity contribution in [2.75, 3.05) is 6.61 Å². The molecule has 0 unspecified atom stereocenters. The van der Waals surface area contributed by atoms with Crippen molar-refractivity contribution in [1.82, 2.24) is 14.5 Å². The van der Waals surface area contributed by atoms with E-state index in [-0.39, 0.29) is 30.5 Å². The summed E-state index contributed by atoms with van der Waals surface area (Å²) in [4.78, 5) is 31.8. The Labute approximate surface area is 174 Å². The zero-order valence-electron chi connectivity index (χ0n) is 16.7. The quantitative estimate of drug-likeness (QED) is 0.299. The highest BCUT2D eigenvalue weighted by molar-refractivity contribution is 6.76. The maximum absolute atomic E-state index is 13.2. The second-order valence-electron chi connectivity index (χ2n) is 8.14. The van der Waals surface area contributed by atoms with E-state index in [9.17, 15) is 14.7 Å². The fourth-order valence-corrected chi connectivity index (χ4v) is 3.96. The van der Waals surface area contributed by atoms with Gasteiger partial charge < -0.3 is 19.4 Å². The molecule has 29 heavy (non-hydrogen) atoms. The van der Waals surface area contributed by atoms with E-state index in [0.717, 1.165) is 6.04 Å². The number of rotatable bonds is 9. The maximum atomic E-state index is 13.2. The van der Waals surface area contributed by atoms with Gasteiger partial charge in [-0.15, -0.1) is 0 Å². The van der Waals surface area contributed by atoms with Gasteiger partial charge in [0, 0.05) is 48.6 Å². The number of carbonyl (C=O) groups excluding carboxylic acids is 1. The number of carboxylic acids is 1. The summed E-state index contributed by atoms with van der Waals surface area (Å²) in [5.74, 6) is -1.21. The van der Waals surface area contributed by atoms with Crippen molar-refractivity contribution in [2.24, 2.45) is 0 Å². The van der Waals surface area contributed by atoms with Crippen molar-refractivity contribution in [3.8, 4) is 0 Å². The molecule has 9 heteroatoms. The number of halogens is 1. The highest BCUT2D eigenvalue weighted by Crippen LogP contribution is 2.27. The molecule has 2 heterocycles. The summed E-state index contributed by atoms with van der Waals surface area (Å²) in [6.45, 7) is 7.65. The second-order valence-corrected chi connectivity index (χ2v) is 14.2. The number of hydrogen-bond donors (Lipinski definition) is 2. The lowest BCUT2D eigenvalue weighted by atomic mass is 10.0. The van der Waals surface area contributed by atoms with Crippen LogP contribution in [0.25, 0.3) is 10.9 Å². The Bertz CT molecular complexity index is 1050. The van der Waals surface area contributed by atoms with Crippen LogP contribution in [-0.4, -0.2) is 46.1 Å². The van der Waals surface area contributed by atoms with Gasteiger partial charge in [-0.3, -0.25) is 9.59 Å². The number of ketones is 1. The first-order chi connectivity index (χ1) is 13.7. The summed E-state index contributed by atoms with van der Waals surface area (Å²) in [6, 6.07) is 6.08. The average molecular weight is 434 g/mol. The molecule has 1 aromatic carbocycles. The predicted molar refractivity (Wildman–Crippen MR) is 114 cm³/mol. The second kappa shape index (κ2) is 8.52. The molecule has 0 saturated carbocycles. The van der Waals surface area contributed by atoms with Crippen LogP contribution >= 0.6 is 11.6 Å². The normalized spacial score (nSPS) is 11.9. The minimum absolute atomic E-state index is 0.197. The maximum Gasteiger partial charge on any atom is 0.307 e. The van der Waals surface area contributed by atoms with Crippen LogP contribution in [0, 0.1) is 0 Å². The number of aliphatic carboxylic acids is 1.